The molecule has 18 heavy (non-hydrogen) atoms. The van der Waals surface area contributed by atoms with E-state index in [9.17, 15) is 8.42 Å². The van der Waals surface area contributed by atoms with Crippen LogP contribution in [0.4, 0.5) is 0 Å². The van der Waals surface area contributed by atoms with E-state index in [2.05, 4.69) is 20.7 Å². The maximum Gasteiger partial charge on any atom is 0.240 e. The lowest BCUT2D eigenvalue weighted by atomic mass is 10.2. The van der Waals surface area contributed by atoms with Crippen LogP contribution < -0.4 is 4.72 Å². The van der Waals surface area contributed by atoms with Crippen LogP contribution in [-0.4, -0.2) is 40.5 Å². The molecule has 0 aliphatic rings. The molecule has 1 aromatic carbocycles. The lowest BCUT2D eigenvalue weighted by molar-refractivity contribution is 0.339. The zero-order valence-electron chi connectivity index (χ0n) is 10.9. The molecule has 6 heteroatoms. The minimum atomic E-state index is -3.40. The van der Waals surface area contributed by atoms with Crippen molar-refractivity contribution in [2.24, 2.45) is 5.92 Å². The monoisotopic (exact) mass is 334 g/mol. The van der Waals surface area contributed by atoms with Gasteiger partial charge in [-0.25, -0.2) is 13.1 Å². The molecule has 0 heterocycles. The number of hydrogen-bond donors (Lipinski definition) is 1. The van der Waals surface area contributed by atoms with Gasteiger partial charge in [0.1, 0.15) is 0 Å². The summed E-state index contributed by atoms with van der Waals surface area (Å²) in [6.45, 7) is 3.31. The Labute approximate surface area is 118 Å². The topological polar surface area (TPSA) is 49.4 Å². The summed E-state index contributed by atoms with van der Waals surface area (Å²) in [5.41, 5.74) is 0. The summed E-state index contributed by atoms with van der Waals surface area (Å²) in [4.78, 5) is 2.33. The molecule has 4 nitrogen and oxygen atoms in total. The number of hydrogen-bond acceptors (Lipinski definition) is 3. The predicted molar refractivity (Wildman–Crippen MR) is 77.0 cm³/mol. The average molecular weight is 335 g/mol. The third kappa shape index (κ3) is 5.06. The van der Waals surface area contributed by atoms with E-state index in [1.807, 2.05) is 25.9 Å². The summed E-state index contributed by atoms with van der Waals surface area (Å²) in [5.74, 6) is 0.269. The van der Waals surface area contributed by atoms with Crippen molar-refractivity contribution in [1.29, 1.82) is 0 Å². The maximum absolute atomic E-state index is 12.0. The molecule has 0 bridgehead atoms. The molecular weight excluding hydrogens is 316 g/mol. The van der Waals surface area contributed by atoms with Crippen LogP contribution in [0.25, 0.3) is 0 Å². The first-order valence-electron chi connectivity index (χ1n) is 5.71. The lowest BCUT2D eigenvalue weighted by Gasteiger charge is -2.17. The highest BCUT2D eigenvalue weighted by molar-refractivity contribution is 9.10. The molecule has 1 N–H and O–H groups in total. The van der Waals surface area contributed by atoms with Crippen LogP contribution in [0.5, 0.6) is 0 Å². The van der Waals surface area contributed by atoms with Gasteiger partial charge in [-0.1, -0.05) is 22.9 Å². The molecule has 1 atom stereocenters. The minimum Gasteiger partial charge on any atom is -0.309 e. The molecule has 1 aromatic rings. The van der Waals surface area contributed by atoms with Crippen molar-refractivity contribution in [3.63, 3.8) is 0 Å². The zero-order valence-corrected chi connectivity index (χ0v) is 13.3. The van der Waals surface area contributed by atoms with Gasteiger partial charge in [0.25, 0.3) is 0 Å². The first-order chi connectivity index (χ1) is 8.31. The minimum absolute atomic E-state index is 0.269. The van der Waals surface area contributed by atoms with Gasteiger partial charge in [0.2, 0.25) is 10.0 Å². The van der Waals surface area contributed by atoms with Crippen molar-refractivity contribution >= 4 is 26.0 Å². The van der Waals surface area contributed by atoms with Crippen LogP contribution in [0.2, 0.25) is 0 Å². The molecule has 0 aliphatic heterocycles. The summed E-state index contributed by atoms with van der Waals surface area (Å²) < 4.78 is 27.5. The molecule has 0 radical (unpaired) electrons. The van der Waals surface area contributed by atoms with Gasteiger partial charge in [-0.2, -0.15) is 0 Å². The molecular formula is C12H19BrN2O2S. The number of sulfonamides is 1. The highest BCUT2D eigenvalue weighted by Crippen LogP contribution is 2.14. The smallest absolute Gasteiger partial charge is 0.240 e. The van der Waals surface area contributed by atoms with E-state index >= 15 is 0 Å². The first-order valence-corrected chi connectivity index (χ1v) is 7.99. The second-order valence-corrected chi connectivity index (χ2v) is 7.36. The molecule has 0 unspecified atom stereocenters. The molecule has 0 aliphatic carbocycles. The van der Waals surface area contributed by atoms with Crippen LogP contribution >= 0.6 is 15.9 Å². The van der Waals surface area contributed by atoms with Crippen molar-refractivity contribution < 1.29 is 8.42 Å². The standard InChI is InChI=1S/C12H19BrN2O2S/c1-10(9-15(2)3)8-14-18(16,17)12-6-4-11(13)5-7-12/h4-7,10,14H,8-9H2,1-3H3/t10-/m1/s1. The van der Waals surface area contributed by atoms with Gasteiger partial charge in [0.15, 0.2) is 0 Å². The summed E-state index contributed by atoms with van der Waals surface area (Å²) in [5, 5.41) is 0. The molecule has 102 valence electrons. The number of rotatable bonds is 6. The van der Waals surface area contributed by atoms with Crippen molar-refractivity contribution in [1.82, 2.24) is 9.62 Å². The van der Waals surface area contributed by atoms with Crippen molar-refractivity contribution in [3.05, 3.63) is 28.7 Å². The Morgan fingerprint density at radius 1 is 1.28 bits per heavy atom. The van der Waals surface area contributed by atoms with E-state index in [4.69, 9.17) is 0 Å². The van der Waals surface area contributed by atoms with Crippen LogP contribution in [-0.2, 0) is 10.0 Å². The number of nitrogens with zero attached hydrogens (tertiary/aromatic N) is 1. The highest BCUT2D eigenvalue weighted by atomic mass is 79.9. The highest BCUT2D eigenvalue weighted by Gasteiger charge is 2.15. The quantitative estimate of drug-likeness (QED) is 0.864. The summed E-state index contributed by atoms with van der Waals surface area (Å²) in [7, 11) is 0.547. The van der Waals surface area contributed by atoms with E-state index < -0.39 is 10.0 Å². The Balaban J connectivity index is 2.63. The van der Waals surface area contributed by atoms with Crippen LogP contribution in [0.15, 0.2) is 33.6 Å². The molecule has 0 saturated heterocycles. The Kier molecular flexibility index (Phi) is 5.78. The molecule has 0 amide bonds. The predicted octanol–water partition coefficient (Wildman–Crippen LogP) is 1.93. The summed E-state index contributed by atoms with van der Waals surface area (Å²) in [6, 6.07) is 6.61. The van der Waals surface area contributed by atoms with Gasteiger partial charge in [0, 0.05) is 17.6 Å². The molecule has 0 spiro atoms. The molecule has 1 rings (SSSR count). The van der Waals surface area contributed by atoms with Gasteiger partial charge >= 0.3 is 0 Å². The maximum atomic E-state index is 12.0. The Bertz CT molecular complexity index is 471. The van der Waals surface area contributed by atoms with Crippen molar-refractivity contribution in [2.45, 2.75) is 11.8 Å². The van der Waals surface area contributed by atoms with Gasteiger partial charge in [-0.15, -0.1) is 0 Å². The lowest BCUT2D eigenvalue weighted by Crippen LogP contribution is -2.32. The van der Waals surface area contributed by atoms with Crippen LogP contribution in [0.1, 0.15) is 6.92 Å². The fourth-order valence-corrected chi connectivity index (χ4v) is 3.07. The van der Waals surface area contributed by atoms with Crippen molar-refractivity contribution in [2.75, 3.05) is 27.2 Å². The van der Waals surface area contributed by atoms with E-state index in [-0.39, 0.29) is 5.92 Å². The van der Waals surface area contributed by atoms with Gasteiger partial charge in [0.05, 0.1) is 4.90 Å². The second-order valence-electron chi connectivity index (χ2n) is 4.67. The van der Waals surface area contributed by atoms with Crippen LogP contribution in [0, 0.1) is 5.92 Å². The fraction of sp³-hybridized carbons (Fsp3) is 0.500. The third-order valence-electron chi connectivity index (χ3n) is 2.42. The van der Waals surface area contributed by atoms with Crippen molar-refractivity contribution in [3.8, 4) is 0 Å². The SMILES string of the molecule is C[C@H](CNS(=O)(=O)c1ccc(Br)cc1)CN(C)C. The fourth-order valence-electron chi connectivity index (χ4n) is 1.64. The summed E-state index contributed by atoms with van der Waals surface area (Å²) >= 11 is 3.28. The number of halogens is 1. The largest absolute Gasteiger partial charge is 0.309 e. The van der Waals surface area contributed by atoms with Crippen LogP contribution in [0.3, 0.4) is 0 Å². The van der Waals surface area contributed by atoms with E-state index in [0.717, 1.165) is 11.0 Å². The van der Waals surface area contributed by atoms with Gasteiger partial charge < -0.3 is 4.90 Å². The first kappa shape index (κ1) is 15.6. The Hall–Kier alpha value is -0.430. The van der Waals surface area contributed by atoms with Gasteiger partial charge in [-0.3, -0.25) is 0 Å². The molecule has 0 aromatic heterocycles. The van der Waals surface area contributed by atoms with E-state index in [1.54, 1.807) is 24.3 Å². The van der Waals surface area contributed by atoms with E-state index in [0.29, 0.717) is 11.4 Å². The number of benzene rings is 1. The normalized spacial score (nSPS) is 13.8. The molecule has 0 fully saturated rings. The number of nitrogens with one attached hydrogen (secondary N) is 1. The molecule has 0 saturated carbocycles. The Morgan fingerprint density at radius 3 is 2.33 bits per heavy atom. The third-order valence-corrected chi connectivity index (χ3v) is 4.39. The second kappa shape index (κ2) is 6.65. The van der Waals surface area contributed by atoms with E-state index in [1.165, 1.54) is 0 Å². The Morgan fingerprint density at radius 2 is 1.83 bits per heavy atom. The summed E-state index contributed by atoms with van der Waals surface area (Å²) in [6.07, 6.45) is 0. The zero-order chi connectivity index (χ0) is 13.8. The van der Waals surface area contributed by atoms with Gasteiger partial charge in [-0.05, 0) is 44.3 Å². The average Bonchev–Trinajstić information content (AvgIpc) is 2.26.